The summed E-state index contributed by atoms with van der Waals surface area (Å²) in [6.45, 7) is 2.95. The zero-order valence-corrected chi connectivity index (χ0v) is 20.8. The molecule has 1 aliphatic rings. The molecule has 5 rings (SSSR count). The quantitative estimate of drug-likeness (QED) is 0.356. The highest BCUT2D eigenvalue weighted by atomic mass is 32.2. The van der Waals surface area contributed by atoms with Gasteiger partial charge in [-0.1, -0.05) is 6.92 Å². The van der Waals surface area contributed by atoms with E-state index in [0.717, 1.165) is 24.1 Å². The molecule has 3 unspecified atom stereocenters. The average molecular weight is 530 g/mol. The number of fused-ring (bicyclic) bond motifs is 1. The largest absolute Gasteiger partial charge is 0.391 e. The first-order valence-electron chi connectivity index (χ1n) is 11.5. The summed E-state index contributed by atoms with van der Waals surface area (Å²) >= 11 is 0. The normalized spacial score (nSPS) is 20.4. The van der Waals surface area contributed by atoms with Crippen molar-refractivity contribution in [2.24, 2.45) is 11.7 Å². The van der Waals surface area contributed by atoms with Gasteiger partial charge in [0.05, 0.1) is 51.5 Å². The highest BCUT2D eigenvalue weighted by molar-refractivity contribution is 7.90. The highest BCUT2D eigenvalue weighted by Gasteiger charge is 2.32. The van der Waals surface area contributed by atoms with E-state index >= 15 is 0 Å². The lowest BCUT2D eigenvalue weighted by atomic mass is 9.92. The van der Waals surface area contributed by atoms with E-state index in [0.29, 0.717) is 24.3 Å². The second kappa shape index (κ2) is 9.32. The lowest BCUT2D eigenvalue weighted by Crippen LogP contribution is -2.55. The number of nitrogens with two attached hydrogens (primary N) is 1. The number of piperidine rings is 1. The number of halogens is 2. The van der Waals surface area contributed by atoms with Gasteiger partial charge in [0.2, 0.25) is 5.95 Å². The Morgan fingerprint density at radius 3 is 2.54 bits per heavy atom. The molecule has 1 aromatic carbocycles. The number of imidazole rings is 1. The Hall–Kier alpha value is -3.68. The van der Waals surface area contributed by atoms with Gasteiger partial charge >= 0.3 is 0 Å². The standard InChI is InChI=1S/C24H25F2N7O3S/c1-13-11-32(12-18(27)23(13)34)21-5-6-28-10-20(21)30-24-29-9-14-3-4-19(31-33(14)24)22-16(25)7-15(8-17(22)26)37(2,35)36/h3-10,13,18,23,34H,11-12,27H2,1-2H3,(H,29,30). The molecule has 3 atom stereocenters. The van der Waals surface area contributed by atoms with Crippen molar-refractivity contribution in [3.8, 4) is 11.3 Å². The van der Waals surface area contributed by atoms with Crippen LogP contribution in [0.15, 0.2) is 53.8 Å². The van der Waals surface area contributed by atoms with E-state index in [1.807, 2.05) is 13.0 Å². The number of anilines is 3. The molecule has 4 aromatic rings. The summed E-state index contributed by atoms with van der Waals surface area (Å²) in [6, 6.07) is 5.98. The maximum Gasteiger partial charge on any atom is 0.229 e. The number of aromatic nitrogens is 4. The van der Waals surface area contributed by atoms with Crippen LogP contribution in [0.1, 0.15) is 6.92 Å². The van der Waals surface area contributed by atoms with E-state index in [1.54, 1.807) is 24.7 Å². The minimum Gasteiger partial charge on any atom is -0.391 e. The van der Waals surface area contributed by atoms with Crippen LogP contribution in [0, 0.1) is 17.6 Å². The molecule has 13 heteroatoms. The van der Waals surface area contributed by atoms with Gasteiger partial charge in [-0.05, 0) is 30.3 Å². The van der Waals surface area contributed by atoms with Crippen molar-refractivity contribution < 1.29 is 22.3 Å². The second-order valence-electron chi connectivity index (χ2n) is 9.23. The number of aliphatic hydroxyl groups excluding tert-OH is 1. The van der Waals surface area contributed by atoms with Crippen molar-refractivity contribution in [2.75, 3.05) is 29.6 Å². The number of nitrogens with zero attached hydrogens (tertiary/aromatic N) is 5. The number of sulfone groups is 1. The molecule has 0 spiro atoms. The summed E-state index contributed by atoms with van der Waals surface area (Å²) in [4.78, 5) is 10.1. The number of rotatable bonds is 5. The first-order valence-corrected chi connectivity index (χ1v) is 13.4. The van der Waals surface area contributed by atoms with E-state index in [1.165, 1.54) is 10.6 Å². The molecule has 194 valence electrons. The Morgan fingerprint density at radius 2 is 1.86 bits per heavy atom. The van der Waals surface area contributed by atoms with Crippen LogP contribution in [0.4, 0.5) is 26.1 Å². The number of hydrogen-bond donors (Lipinski definition) is 3. The minimum atomic E-state index is -3.79. The summed E-state index contributed by atoms with van der Waals surface area (Å²) < 4.78 is 54.5. The fourth-order valence-corrected chi connectivity index (χ4v) is 5.14. The van der Waals surface area contributed by atoms with Crippen LogP contribution in [-0.4, -0.2) is 64.6 Å². The molecule has 0 aliphatic carbocycles. The van der Waals surface area contributed by atoms with Gasteiger partial charge < -0.3 is 21.1 Å². The smallest absolute Gasteiger partial charge is 0.229 e. The Morgan fingerprint density at radius 1 is 1.14 bits per heavy atom. The zero-order chi connectivity index (χ0) is 26.5. The lowest BCUT2D eigenvalue weighted by molar-refractivity contribution is 0.0785. The molecule has 0 amide bonds. The van der Waals surface area contributed by atoms with Crippen molar-refractivity contribution in [3.05, 3.63) is 60.6 Å². The van der Waals surface area contributed by atoms with Crippen molar-refractivity contribution in [1.82, 2.24) is 19.6 Å². The van der Waals surface area contributed by atoms with Crippen molar-refractivity contribution in [3.63, 3.8) is 0 Å². The van der Waals surface area contributed by atoms with Gasteiger partial charge in [0.1, 0.15) is 11.6 Å². The van der Waals surface area contributed by atoms with Crippen molar-refractivity contribution >= 4 is 32.7 Å². The average Bonchev–Trinajstić information content (AvgIpc) is 3.23. The molecule has 10 nitrogen and oxygen atoms in total. The number of nitrogens with one attached hydrogen (secondary N) is 1. The Bertz CT molecular complexity index is 1560. The van der Waals surface area contributed by atoms with Crippen LogP contribution in [0.5, 0.6) is 0 Å². The molecule has 0 radical (unpaired) electrons. The van der Waals surface area contributed by atoms with E-state index < -0.39 is 44.1 Å². The van der Waals surface area contributed by atoms with Crippen LogP contribution in [0.3, 0.4) is 0 Å². The lowest BCUT2D eigenvalue weighted by Gasteiger charge is -2.40. The number of pyridine rings is 1. The molecule has 4 N–H and O–H groups in total. The summed E-state index contributed by atoms with van der Waals surface area (Å²) in [7, 11) is -3.79. The van der Waals surface area contributed by atoms with E-state index in [-0.39, 0.29) is 17.6 Å². The van der Waals surface area contributed by atoms with E-state index in [2.05, 4.69) is 25.3 Å². The van der Waals surface area contributed by atoms with Gasteiger partial charge in [0.25, 0.3) is 0 Å². The van der Waals surface area contributed by atoms with Gasteiger partial charge in [-0.3, -0.25) is 4.98 Å². The molecule has 1 saturated heterocycles. The monoisotopic (exact) mass is 529 g/mol. The van der Waals surface area contributed by atoms with Crippen LogP contribution in [-0.2, 0) is 9.84 Å². The fraction of sp³-hybridized carbons (Fsp3) is 0.292. The Kier molecular flexibility index (Phi) is 6.30. The van der Waals surface area contributed by atoms with E-state index in [4.69, 9.17) is 5.73 Å². The SMILES string of the molecule is CC1CN(c2ccncc2Nc2ncc3ccc(-c4c(F)cc(S(C)(=O)=O)cc4F)nn23)CC(N)C1O. The molecular formula is C24H25F2N7O3S. The molecule has 0 bridgehead atoms. The zero-order valence-electron chi connectivity index (χ0n) is 20.0. The van der Waals surface area contributed by atoms with Gasteiger partial charge in [0, 0.05) is 37.5 Å². The Balaban J connectivity index is 1.51. The third-order valence-electron chi connectivity index (χ3n) is 6.43. The Labute approximate surface area is 211 Å². The number of aliphatic hydroxyl groups is 1. The topological polar surface area (TPSA) is 139 Å². The number of benzene rings is 1. The van der Waals surface area contributed by atoms with Crippen LogP contribution in [0.2, 0.25) is 0 Å². The summed E-state index contributed by atoms with van der Waals surface area (Å²) in [6.07, 6.45) is 5.09. The van der Waals surface area contributed by atoms with Crippen molar-refractivity contribution in [2.45, 2.75) is 24.0 Å². The maximum atomic E-state index is 14.8. The predicted octanol–water partition coefficient (Wildman–Crippen LogP) is 2.36. The molecule has 0 saturated carbocycles. The molecule has 37 heavy (non-hydrogen) atoms. The van der Waals surface area contributed by atoms with Gasteiger partial charge in [-0.25, -0.2) is 22.2 Å². The first kappa shape index (κ1) is 25.0. The maximum absolute atomic E-state index is 14.8. The molecule has 1 fully saturated rings. The third-order valence-corrected chi connectivity index (χ3v) is 7.52. The first-order chi connectivity index (χ1) is 17.5. The third kappa shape index (κ3) is 4.72. The van der Waals surface area contributed by atoms with Crippen molar-refractivity contribution in [1.29, 1.82) is 0 Å². The molecule has 1 aliphatic heterocycles. The predicted molar refractivity (Wildman–Crippen MR) is 134 cm³/mol. The highest BCUT2D eigenvalue weighted by Crippen LogP contribution is 2.32. The summed E-state index contributed by atoms with van der Waals surface area (Å²) in [5.41, 5.74) is 7.60. The summed E-state index contributed by atoms with van der Waals surface area (Å²) in [5.74, 6) is -1.86. The van der Waals surface area contributed by atoms with Gasteiger partial charge in [-0.15, -0.1) is 0 Å². The van der Waals surface area contributed by atoms with Gasteiger partial charge in [-0.2, -0.15) is 9.61 Å². The fourth-order valence-electron chi connectivity index (χ4n) is 4.50. The minimum absolute atomic E-state index is 0.0416. The molecule has 3 aromatic heterocycles. The van der Waals surface area contributed by atoms with Gasteiger partial charge in [0.15, 0.2) is 9.84 Å². The second-order valence-corrected chi connectivity index (χ2v) is 11.2. The van der Waals surface area contributed by atoms with Crippen LogP contribution >= 0.6 is 0 Å². The summed E-state index contributed by atoms with van der Waals surface area (Å²) in [5, 5.41) is 17.8. The van der Waals surface area contributed by atoms with Crippen LogP contribution in [0.25, 0.3) is 16.8 Å². The number of hydrogen-bond acceptors (Lipinski definition) is 9. The molecule has 4 heterocycles. The van der Waals surface area contributed by atoms with E-state index in [9.17, 15) is 22.3 Å². The van der Waals surface area contributed by atoms with Crippen LogP contribution < -0.4 is 16.0 Å². The molecular weight excluding hydrogens is 504 g/mol.